The summed E-state index contributed by atoms with van der Waals surface area (Å²) >= 11 is 0. The summed E-state index contributed by atoms with van der Waals surface area (Å²) in [5, 5.41) is 12.9. The van der Waals surface area contributed by atoms with Gasteiger partial charge in [-0.3, -0.25) is 9.69 Å². The van der Waals surface area contributed by atoms with Gasteiger partial charge in [0, 0.05) is 26.2 Å². The van der Waals surface area contributed by atoms with Crippen LogP contribution in [0.4, 0.5) is 0 Å². The van der Waals surface area contributed by atoms with Gasteiger partial charge < -0.3 is 31.2 Å². The largest absolute Gasteiger partial charge is 1.00 e. The number of ether oxygens (including phenoxy) is 2. The molecule has 3 aromatic rings. The highest BCUT2D eigenvalue weighted by atomic mass is 35.5. The monoisotopic (exact) mass is 503 g/mol. The fraction of sp³-hybridized carbons (Fsp3) is 0.500. The van der Waals surface area contributed by atoms with Crippen LogP contribution in [0.5, 0.6) is 11.5 Å². The maximum absolute atomic E-state index is 12.8. The number of rotatable bonds is 8. The van der Waals surface area contributed by atoms with Crippen molar-refractivity contribution in [3.8, 4) is 11.5 Å². The summed E-state index contributed by atoms with van der Waals surface area (Å²) in [5.74, 6) is 2.32. The van der Waals surface area contributed by atoms with E-state index in [1.165, 1.54) is 6.26 Å². The smallest absolute Gasteiger partial charge is 0.289 e. The van der Waals surface area contributed by atoms with Crippen LogP contribution in [0.3, 0.4) is 0 Å². The highest BCUT2D eigenvalue weighted by Gasteiger charge is 2.35. The van der Waals surface area contributed by atoms with Crippen molar-refractivity contribution in [1.82, 2.24) is 30.0 Å². The molecule has 3 heterocycles. The lowest BCUT2D eigenvalue weighted by Gasteiger charge is -2.39. The molecule has 0 spiro atoms. The second-order valence-corrected chi connectivity index (χ2v) is 8.94. The van der Waals surface area contributed by atoms with Crippen LogP contribution in [0, 0.1) is 0 Å². The molecule has 2 aromatic heterocycles. The number of hydrogen-bond donors (Lipinski definition) is 0. The maximum atomic E-state index is 12.8. The van der Waals surface area contributed by atoms with Crippen molar-refractivity contribution in [3.63, 3.8) is 0 Å². The molecule has 190 valence electrons. The van der Waals surface area contributed by atoms with E-state index in [1.807, 2.05) is 27.8 Å². The first-order valence-electron chi connectivity index (χ1n) is 11.5. The van der Waals surface area contributed by atoms with E-state index in [-0.39, 0.29) is 29.9 Å². The van der Waals surface area contributed by atoms with Crippen LogP contribution in [0.2, 0.25) is 0 Å². The Morgan fingerprint density at radius 1 is 1.11 bits per heavy atom. The van der Waals surface area contributed by atoms with Crippen LogP contribution >= 0.6 is 0 Å². The molecule has 11 heteroatoms. The van der Waals surface area contributed by atoms with Crippen LogP contribution < -0.4 is 21.9 Å². The van der Waals surface area contributed by atoms with Crippen LogP contribution in [0.25, 0.3) is 0 Å². The molecule has 1 atom stereocenters. The van der Waals surface area contributed by atoms with Gasteiger partial charge in [-0.25, -0.2) is 4.68 Å². The fourth-order valence-electron chi connectivity index (χ4n) is 4.23. The molecule has 0 aliphatic carbocycles. The minimum Gasteiger partial charge on any atom is -1.00 e. The van der Waals surface area contributed by atoms with Gasteiger partial charge in [-0.2, -0.15) is 0 Å². The molecule has 0 saturated carbocycles. The van der Waals surface area contributed by atoms with Crippen molar-refractivity contribution in [2.24, 2.45) is 0 Å². The average Bonchev–Trinajstić information content (AvgIpc) is 3.57. The summed E-state index contributed by atoms with van der Waals surface area (Å²) in [6.45, 7) is 8.83. The van der Waals surface area contributed by atoms with Crippen molar-refractivity contribution in [2.45, 2.75) is 38.8 Å². The molecule has 0 radical (unpaired) electrons. The summed E-state index contributed by atoms with van der Waals surface area (Å²) in [6.07, 6.45) is 2.39. The molecule has 4 rings (SSSR count). The summed E-state index contributed by atoms with van der Waals surface area (Å²) < 4.78 is 18.2. The van der Waals surface area contributed by atoms with Crippen LogP contribution in [0.1, 0.15) is 55.2 Å². The lowest BCUT2D eigenvalue weighted by molar-refractivity contribution is -0.0000194. The molecule has 1 aliphatic rings. The zero-order valence-corrected chi connectivity index (χ0v) is 21.5. The molecular weight excluding hydrogens is 472 g/mol. The molecule has 1 unspecified atom stereocenters. The molecule has 1 aromatic carbocycles. The number of carbonyl (C=O) groups excluding carboxylic acids is 1. The predicted octanol–water partition coefficient (Wildman–Crippen LogP) is -0.0202. The lowest BCUT2D eigenvalue weighted by atomic mass is 9.98. The molecule has 1 saturated heterocycles. The van der Waals surface area contributed by atoms with E-state index < -0.39 is 0 Å². The predicted molar refractivity (Wildman–Crippen MR) is 125 cm³/mol. The minimum absolute atomic E-state index is 0. The van der Waals surface area contributed by atoms with Gasteiger partial charge in [-0.1, -0.05) is 13.0 Å². The van der Waals surface area contributed by atoms with Crippen LogP contribution in [0.15, 0.2) is 41.0 Å². The summed E-state index contributed by atoms with van der Waals surface area (Å²) in [6, 6.07) is 9.10. The van der Waals surface area contributed by atoms with E-state index in [0.29, 0.717) is 43.4 Å². The summed E-state index contributed by atoms with van der Waals surface area (Å²) in [5.41, 5.74) is 0.733. The number of furan rings is 1. The highest BCUT2D eigenvalue weighted by molar-refractivity contribution is 5.91. The van der Waals surface area contributed by atoms with Gasteiger partial charge in [0.25, 0.3) is 5.91 Å². The SMILES string of the molecule is CCC(C)(C)n1nnnc1C(c1ccc(OC)c(OC)c1)N1CCN(C(=O)c2ccco2)CC1.[Cl-]. The Balaban J connectivity index is 0.00000342. The number of aromatic nitrogens is 4. The number of carbonyl (C=O) groups is 1. The Kier molecular flexibility index (Phi) is 8.39. The van der Waals surface area contributed by atoms with Gasteiger partial charge in [-0.05, 0) is 60.5 Å². The van der Waals surface area contributed by atoms with E-state index in [2.05, 4.69) is 41.2 Å². The molecular formula is C24H32ClN6O4-. The van der Waals surface area contributed by atoms with Gasteiger partial charge in [0.1, 0.15) is 0 Å². The molecule has 1 amide bonds. The first-order valence-corrected chi connectivity index (χ1v) is 11.5. The van der Waals surface area contributed by atoms with Gasteiger partial charge in [0.05, 0.1) is 32.1 Å². The fourth-order valence-corrected chi connectivity index (χ4v) is 4.23. The quantitative estimate of drug-likeness (QED) is 0.423. The van der Waals surface area contributed by atoms with Crippen molar-refractivity contribution < 1.29 is 31.1 Å². The van der Waals surface area contributed by atoms with Crippen molar-refractivity contribution in [1.29, 1.82) is 0 Å². The number of amides is 1. The first kappa shape index (κ1) is 26.5. The second-order valence-electron chi connectivity index (χ2n) is 8.94. The molecule has 1 fully saturated rings. The Morgan fingerprint density at radius 3 is 2.43 bits per heavy atom. The molecule has 35 heavy (non-hydrogen) atoms. The molecule has 1 aliphatic heterocycles. The summed E-state index contributed by atoms with van der Waals surface area (Å²) in [7, 11) is 3.24. The Labute approximate surface area is 211 Å². The Morgan fingerprint density at radius 2 is 1.83 bits per heavy atom. The van der Waals surface area contributed by atoms with Crippen molar-refractivity contribution >= 4 is 5.91 Å². The lowest BCUT2D eigenvalue weighted by Crippen LogP contribution is -3.00. The van der Waals surface area contributed by atoms with E-state index in [9.17, 15) is 4.79 Å². The van der Waals surface area contributed by atoms with Crippen molar-refractivity contribution in [3.05, 3.63) is 53.7 Å². The number of halogens is 1. The van der Waals surface area contributed by atoms with E-state index in [4.69, 9.17) is 13.9 Å². The number of tetrazole rings is 1. The van der Waals surface area contributed by atoms with Gasteiger partial charge >= 0.3 is 0 Å². The minimum atomic E-state index is -0.259. The number of nitrogens with zero attached hydrogens (tertiary/aromatic N) is 6. The standard InChI is InChI=1S/C24H32N6O4.ClH/c1-6-24(2,3)30-22(25-26-27-30)21(17-9-10-18(32-4)20(16-17)33-5)28-11-13-29(14-12-28)23(31)19-8-7-15-34-19;/h7-10,15-16,21H,6,11-14H2,1-5H3;1H/p-1. The zero-order chi connectivity index (χ0) is 24.3. The number of hydrogen-bond acceptors (Lipinski definition) is 8. The van der Waals surface area contributed by atoms with Crippen LogP contribution in [-0.2, 0) is 5.54 Å². The molecule has 0 N–H and O–H groups in total. The number of benzene rings is 1. The van der Waals surface area contributed by atoms with Crippen molar-refractivity contribution in [2.75, 3.05) is 40.4 Å². The topological polar surface area (TPSA) is 98.7 Å². The van der Waals surface area contributed by atoms with Crippen LogP contribution in [-0.4, -0.2) is 76.3 Å². The summed E-state index contributed by atoms with van der Waals surface area (Å²) in [4.78, 5) is 16.9. The maximum Gasteiger partial charge on any atom is 0.289 e. The van der Waals surface area contributed by atoms with E-state index in [1.54, 1.807) is 26.4 Å². The third kappa shape index (κ3) is 5.28. The van der Waals surface area contributed by atoms with Gasteiger partial charge in [0.15, 0.2) is 23.1 Å². The highest BCUT2D eigenvalue weighted by Crippen LogP contribution is 2.36. The third-order valence-electron chi connectivity index (χ3n) is 6.60. The molecule has 0 bridgehead atoms. The average molecular weight is 504 g/mol. The van der Waals surface area contributed by atoms with Gasteiger partial charge in [0.2, 0.25) is 0 Å². The van der Waals surface area contributed by atoms with E-state index >= 15 is 0 Å². The number of methoxy groups -OCH3 is 2. The van der Waals surface area contributed by atoms with E-state index in [0.717, 1.165) is 17.8 Å². The number of piperazine rings is 1. The molecule has 10 nitrogen and oxygen atoms in total. The van der Waals surface area contributed by atoms with Gasteiger partial charge in [-0.15, -0.1) is 5.10 Å². The Hall–Kier alpha value is -3.11. The first-order chi connectivity index (χ1) is 16.4. The third-order valence-corrected chi connectivity index (χ3v) is 6.60. The normalized spacial score (nSPS) is 15.4. The second kappa shape index (κ2) is 11.1. The Bertz CT molecular complexity index is 1110. The zero-order valence-electron chi connectivity index (χ0n) is 20.8.